The van der Waals surface area contributed by atoms with Crippen LogP contribution in [-0.4, -0.2) is 11.8 Å². The summed E-state index contributed by atoms with van der Waals surface area (Å²) >= 11 is 0. The number of carbonyl (C=O) groups excluding carboxylic acids is 2. The van der Waals surface area contributed by atoms with Crippen LogP contribution in [0.5, 0.6) is 0 Å². The van der Waals surface area contributed by atoms with E-state index in [4.69, 9.17) is 11.5 Å². The van der Waals surface area contributed by atoms with Gasteiger partial charge in [-0.05, 0) is 32.7 Å². The van der Waals surface area contributed by atoms with E-state index in [1.165, 1.54) is 0 Å². The highest BCUT2D eigenvalue weighted by atomic mass is 16.2. The fraction of sp³-hybridized carbons (Fsp3) is 0.222. The first-order valence-corrected chi connectivity index (χ1v) is 14.1. The summed E-state index contributed by atoms with van der Waals surface area (Å²) in [6.07, 6.45) is 0. The maximum Gasteiger partial charge on any atom is 0.229 e. The highest BCUT2D eigenvalue weighted by Crippen LogP contribution is 2.52. The molecule has 5 aromatic rings. The number of carbonyl (C=O) groups is 2. The van der Waals surface area contributed by atoms with Gasteiger partial charge in [-0.15, -0.1) is 0 Å². The summed E-state index contributed by atoms with van der Waals surface area (Å²) in [4.78, 5) is 27.4. The molecule has 0 atom stereocenters. The normalized spacial score (nSPS) is 12.0. The predicted octanol–water partition coefficient (Wildman–Crippen LogP) is 8.46. The van der Waals surface area contributed by atoms with Gasteiger partial charge in [0, 0.05) is 22.0 Å². The van der Waals surface area contributed by atoms with Gasteiger partial charge in [-0.3, -0.25) is 9.59 Å². The van der Waals surface area contributed by atoms with Crippen molar-refractivity contribution in [3.8, 4) is 22.3 Å². The predicted molar refractivity (Wildman–Crippen MR) is 177 cm³/mol. The lowest BCUT2D eigenvalue weighted by molar-refractivity contribution is -0.124. The van der Waals surface area contributed by atoms with Crippen molar-refractivity contribution in [3.05, 3.63) is 84.9 Å². The molecule has 6 heteroatoms. The van der Waals surface area contributed by atoms with E-state index >= 15 is 0 Å². The zero-order valence-corrected chi connectivity index (χ0v) is 25.1. The van der Waals surface area contributed by atoms with Gasteiger partial charge in [0.1, 0.15) is 0 Å². The van der Waals surface area contributed by atoms with Crippen LogP contribution in [0, 0.1) is 10.8 Å². The van der Waals surface area contributed by atoms with Crippen molar-refractivity contribution in [2.24, 2.45) is 10.8 Å². The number of nitrogens with one attached hydrogen (secondary N) is 2. The molecule has 0 saturated carbocycles. The number of benzene rings is 5. The fourth-order valence-corrected chi connectivity index (χ4v) is 5.09. The van der Waals surface area contributed by atoms with Crippen LogP contribution in [0.15, 0.2) is 84.9 Å². The fourth-order valence-electron chi connectivity index (χ4n) is 5.09. The molecule has 0 heterocycles. The smallest absolute Gasteiger partial charge is 0.229 e. The summed E-state index contributed by atoms with van der Waals surface area (Å²) < 4.78 is 0. The van der Waals surface area contributed by atoms with Crippen molar-refractivity contribution in [2.45, 2.75) is 41.5 Å². The summed E-state index contributed by atoms with van der Waals surface area (Å²) in [6, 6.07) is 27.9. The Morgan fingerprint density at radius 3 is 1.21 bits per heavy atom. The molecule has 0 aliphatic rings. The molecule has 42 heavy (non-hydrogen) atoms. The van der Waals surface area contributed by atoms with Gasteiger partial charge in [0.15, 0.2) is 0 Å². The van der Waals surface area contributed by atoms with Crippen LogP contribution in [0.3, 0.4) is 0 Å². The Bertz CT molecular complexity index is 1710. The lowest BCUT2D eigenvalue weighted by Gasteiger charge is -2.29. The summed E-state index contributed by atoms with van der Waals surface area (Å²) in [5.41, 5.74) is 16.7. The molecule has 0 bridgehead atoms. The molecular formula is C36H38N4O2. The largest absolute Gasteiger partial charge is 0.396 e. The Morgan fingerprint density at radius 2 is 0.857 bits per heavy atom. The quantitative estimate of drug-likeness (QED) is 0.166. The van der Waals surface area contributed by atoms with Crippen molar-refractivity contribution in [2.75, 3.05) is 22.1 Å². The number of nitrogens with two attached hydrogens (primary N) is 2. The lowest BCUT2D eigenvalue weighted by Crippen LogP contribution is -2.31. The summed E-state index contributed by atoms with van der Waals surface area (Å²) in [5.74, 6) is -0.438. The van der Waals surface area contributed by atoms with Crippen molar-refractivity contribution >= 4 is 56.1 Å². The van der Waals surface area contributed by atoms with Crippen LogP contribution in [-0.2, 0) is 9.59 Å². The maximum atomic E-state index is 13.7. The van der Waals surface area contributed by atoms with Gasteiger partial charge in [-0.25, -0.2) is 0 Å². The van der Waals surface area contributed by atoms with Crippen molar-refractivity contribution in [3.63, 3.8) is 0 Å². The Morgan fingerprint density at radius 1 is 0.524 bits per heavy atom. The molecule has 0 unspecified atom stereocenters. The molecule has 0 spiro atoms. The van der Waals surface area contributed by atoms with Crippen LogP contribution in [0.4, 0.5) is 22.7 Å². The third-order valence-electron chi connectivity index (χ3n) is 7.54. The van der Waals surface area contributed by atoms with E-state index in [2.05, 4.69) is 10.6 Å². The van der Waals surface area contributed by atoms with Crippen LogP contribution in [0.2, 0.25) is 0 Å². The second kappa shape index (κ2) is 10.5. The van der Waals surface area contributed by atoms with Gasteiger partial charge in [0.25, 0.3) is 0 Å². The van der Waals surface area contributed by atoms with Crippen LogP contribution in [0.1, 0.15) is 41.5 Å². The van der Waals surface area contributed by atoms with E-state index < -0.39 is 10.8 Å². The number of rotatable bonds is 4. The number of fused-ring (bicyclic) bond motifs is 2. The van der Waals surface area contributed by atoms with Crippen molar-refractivity contribution in [1.29, 1.82) is 0 Å². The Labute approximate surface area is 247 Å². The third kappa shape index (κ3) is 5.16. The first kappa shape index (κ1) is 28.7. The lowest BCUT2D eigenvalue weighted by atomic mass is 9.87. The van der Waals surface area contributed by atoms with Crippen molar-refractivity contribution in [1.82, 2.24) is 0 Å². The van der Waals surface area contributed by atoms with Crippen LogP contribution in [0.25, 0.3) is 43.8 Å². The van der Waals surface area contributed by atoms with Gasteiger partial charge >= 0.3 is 0 Å². The molecule has 2 amide bonds. The molecular weight excluding hydrogens is 520 g/mol. The number of hydrogen-bond donors (Lipinski definition) is 4. The molecule has 0 aliphatic carbocycles. The molecule has 214 valence electrons. The zero-order valence-electron chi connectivity index (χ0n) is 25.1. The first-order valence-electron chi connectivity index (χ1n) is 14.1. The number of amides is 2. The van der Waals surface area contributed by atoms with E-state index in [-0.39, 0.29) is 11.8 Å². The molecule has 0 fully saturated rings. The Hall–Kier alpha value is -4.84. The van der Waals surface area contributed by atoms with Gasteiger partial charge in [-0.1, -0.05) is 126 Å². The zero-order chi connectivity index (χ0) is 30.4. The minimum atomic E-state index is -0.725. The highest BCUT2D eigenvalue weighted by Gasteiger charge is 2.32. The molecule has 6 N–H and O–H groups in total. The van der Waals surface area contributed by atoms with Gasteiger partial charge in [0.05, 0.1) is 22.7 Å². The van der Waals surface area contributed by atoms with E-state index in [0.29, 0.717) is 33.9 Å². The highest BCUT2D eigenvalue weighted by molar-refractivity contribution is 6.20. The minimum absolute atomic E-state index is 0.219. The summed E-state index contributed by atoms with van der Waals surface area (Å²) in [6.45, 7) is 11.1. The SMILES string of the molecule is CC(C)(C)C(=O)Nc1c(NC(=O)C(C)(C)C)c(-c2cccc3ccccc23)c(N)c(N)c1-c1cccc2ccccc12. The topological polar surface area (TPSA) is 110 Å². The van der Waals surface area contributed by atoms with Gasteiger partial charge in [-0.2, -0.15) is 0 Å². The third-order valence-corrected chi connectivity index (χ3v) is 7.54. The minimum Gasteiger partial charge on any atom is -0.396 e. The number of hydrogen-bond acceptors (Lipinski definition) is 4. The summed E-state index contributed by atoms with van der Waals surface area (Å²) in [7, 11) is 0. The standard InChI is InChI=1S/C36H38N4O2/c1-35(2,3)33(41)39-31-27(25-19-11-15-21-13-7-9-17-23(21)25)29(37)30(38)28(32(31)40-34(42)36(4,5)6)26-20-12-16-22-14-8-10-18-24(22)26/h7-20H,37-38H2,1-6H3,(H,39,41)(H,40,42). The van der Waals surface area contributed by atoms with E-state index in [9.17, 15) is 9.59 Å². The monoisotopic (exact) mass is 558 g/mol. The second-order valence-corrected chi connectivity index (χ2v) is 12.8. The average Bonchev–Trinajstić information content (AvgIpc) is 2.94. The number of nitrogen functional groups attached to an aromatic ring is 2. The van der Waals surface area contributed by atoms with Gasteiger partial charge < -0.3 is 22.1 Å². The molecule has 5 rings (SSSR count). The van der Waals surface area contributed by atoms with E-state index in [0.717, 1.165) is 32.7 Å². The number of anilines is 4. The van der Waals surface area contributed by atoms with E-state index in [1.54, 1.807) is 0 Å². The van der Waals surface area contributed by atoms with Crippen LogP contribution >= 0.6 is 0 Å². The molecule has 0 aliphatic heterocycles. The Balaban J connectivity index is 1.96. The first-order chi connectivity index (χ1) is 19.8. The van der Waals surface area contributed by atoms with Crippen LogP contribution < -0.4 is 22.1 Å². The molecule has 0 saturated heterocycles. The molecule has 6 nitrogen and oxygen atoms in total. The maximum absolute atomic E-state index is 13.7. The summed E-state index contributed by atoms with van der Waals surface area (Å²) in [5, 5.41) is 10.3. The molecule has 0 radical (unpaired) electrons. The molecule has 5 aromatic carbocycles. The Kier molecular flexibility index (Phi) is 7.19. The average molecular weight is 559 g/mol. The second-order valence-electron chi connectivity index (χ2n) is 12.8. The van der Waals surface area contributed by atoms with E-state index in [1.807, 2.05) is 126 Å². The van der Waals surface area contributed by atoms with Crippen molar-refractivity contribution < 1.29 is 9.59 Å². The molecule has 0 aromatic heterocycles. The van der Waals surface area contributed by atoms with Gasteiger partial charge in [0.2, 0.25) is 11.8 Å².